The van der Waals surface area contributed by atoms with Gasteiger partial charge in [0.1, 0.15) is 5.75 Å². The van der Waals surface area contributed by atoms with Crippen LogP contribution >= 0.6 is 11.3 Å². The summed E-state index contributed by atoms with van der Waals surface area (Å²) in [5, 5.41) is 0. The highest BCUT2D eigenvalue weighted by atomic mass is 32.1. The number of nitrogens with zero attached hydrogens (tertiary/aromatic N) is 2. The van der Waals surface area contributed by atoms with Crippen LogP contribution in [0.15, 0.2) is 82.1 Å². The molecule has 0 bridgehead atoms. The van der Waals surface area contributed by atoms with E-state index in [-0.39, 0.29) is 11.6 Å². The third-order valence-electron chi connectivity index (χ3n) is 7.09. The number of hydrogen-bond donors (Lipinski definition) is 0. The van der Waals surface area contributed by atoms with Crippen molar-refractivity contribution >= 4 is 23.1 Å². The molecule has 38 heavy (non-hydrogen) atoms. The minimum absolute atomic E-state index is 0.0474. The van der Waals surface area contributed by atoms with Gasteiger partial charge >= 0.3 is 0 Å². The van der Waals surface area contributed by atoms with Crippen molar-refractivity contribution < 1.29 is 14.2 Å². The van der Waals surface area contributed by atoms with E-state index in [1.807, 2.05) is 47.9 Å². The SMILES string of the molecule is CCOc1cc(/C=c2/sc3n(c2=O)[C@@H](c2ccc(OC)cc2)C2=C(N=3)c3ccccc3CC2)ccc1OC. The molecule has 0 radical (unpaired) electrons. The van der Waals surface area contributed by atoms with Crippen molar-refractivity contribution in [1.82, 2.24) is 4.57 Å². The number of ether oxygens (including phenoxy) is 3. The molecule has 1 aliphatic carbocycles. The molecule has 2 aliphatic rings. The molecule has 1 atom stereocenters. The van der Waals surface area contributed by atoms with E-state index < -0.39 is 0 Å². The standard InChI is InChI=1S/C31H28N2O4S/c1-4-37-26-17-19(9-16-25(26)36-3)18-27-30(34)33-29(21-10-13-22(35-2)14-11-21)24-15-12-20-7-5-6-8-23(20)28(24)32-31(33)38-27/h5-11,13-14,16-18,29H,4,12,15H2,1-3H3/b27-18+/t29-/m0/s1. The topological polar surface area (TPSA) is 62.0 Å². The van der Waals surface area contributed by atoms with E-state index in [0.717, 1.165) is 41.0 Å². The van der Waals surface area contributed by atoms with Crippen LogP contribution in [-0.2, 0) is 6.42 Å². The molecule has 1 aliphatic heterocycles. The molecule has 0 spiro atoms. The Morgan fingerprint density at radius 1 is 1.00 bits per heavy atom. The lowest BCUT2D eigenvalue weighted by Gasteiger charge is -2.30. The van der Waals surface area contributed by atoms with Gasteiger partial charge in [-0.15, -0.1) is 0 Å². The molecule has 0 saturated carbocycles. The van der Waals surface area contributed by atoms with Gasteiger partial charge in [0.2, 0.25) is 0 Å². The molecule has 0 amide bonds. The zero-order chi connectivity index (χ0) is 26.2. The van der Waals surface area contributed by atoms with Gasteiger partial charge in [0.25, 0.3) is 5.56 Å². The summed E-state index contributed by atoms with van der Waals surface area (Å²) in [4.78, 5) is 19.7. The number of rotatable bonds is 6. The molecule has 0 saturated heterocycles. The molecule has 4 aromatic rings. The van der Waals surface area contributed by atoms with Crippen LogP contribution in [0.4, 0.5) is 0 Å². The summed E-state index contributed by atoms with van der Waals surface area (Å²) in [6.07, 6.45) is 3.69. The van der Waals surface area contributed by atoms with Gasteiger partial charge in [-0.1, -0.05) is 53.8 Å². The zero-order valence-electron chi connectivity index (χ0n) is 21.6. The minimum atomic E-state index is -0.225. The molecular weight excluding hydrogens is 496 g/mol. The average molecular weight is 525 g/mol. The summed E-state index contributed by atoms with van der Waals surface area (Å²) >= 11 is 1.42. The van der Waals surface area contributed by atoms with Gasteiger partial charge in [-0.3, -0.25) is 9.36 Å². The van der Waals surface area contributed by atoms with E-state index in [1.54, 1.807) is 14.2 Å². The Hall–Kier alpha value is -4.10. The van der Waals surface area contributed by atoms with Crippen LogP contribution < -0.4 is 29.1 Å². The molecule has 3 aromatic carbocycles. The number of fused-ring (bicyclic) bond motifs is 3. The Labute approximate surface area is 224 Å². The second-order valence-electron chi connectivity index (χ2n) is 9.23. The van der Waals surface area contributed by atoms with Gasteiger partial charge in [0.15, 0.2) is 16.3 Å². The van der Waals surface area contributed by atoms with E-state index in [9.17, 15) is 4.79 Å². The van der Waals surface area contributed by atoms with Crippen molar-refractivity contribution in [2.75, 3.05) is 20.8 Å². The molecule has 2 heterocycles. The Balaban J connectivity index is 1.56. The minimum Gasteiger partial charge on any atom is -0.497 e. The number of aryl methyl sites for hydroxylation is 1. The van der Waals surface area contributed by atoms with Crippen molar-refractivity contribution in [2.45, 2.75) is 25.8 Å². The summed E-state index contributed by atoms with van der Waals surface area (Å²) in [6, 6.07) is 21.9. The normalized spacial score (nSPS) is 16.3. The number of benzene rings is 3. The van der Waals surface area contributed by atoms with E-state index in [2.05, 4.69) is 36.4 Å². The highest BCUT2D eigenvalue weighted by Crippen LogP contribution is 2.41. The van der Waals surface area contributed by atoms with Gasteiger partial charge in [0, 0.05) is 5.56 Å². The average Bonchev–Trinajstić information content (AvgIpc) is 3.26. The molecule has 6 rings (SSSR count). The number of allylic oxidation sites excluding steroid dienone is 1. The van der Waals surface area contributed by atoms with Crippen LogP contribution in [0.25, 0.3) is 11.8 Å². The second kappa shape index (κ2) is 9.99. The van der Waals surface area contributed by atoms with Crippen LogP contribution in [0, 0.1) is 0 Å². The van der Waals surface area contributed by atoms with Gasteiger partial charge in [-0.2, -0.15) is 0 Å². The monoisotopic (exact) mass is 524 g/mol. The molecule has 0 N–H and O–H groups in total. The van der Waals surface area contributed by atoms with Crippen molar-refractivity contribution in [3.63, 3.8) is 0 Å². The first-order chi connectivity index (χ1) is 18.6. The highest BCUT2D eigenvalue weighted by Gasteiger charge is 2.32. The third-order valence-corrected chi connectivity index (χ3v) is 8.07. The largest absolute Gasteiger partial charge is 0.497 e. The van der Waals surface area contributed by atoms with Crippen molar-refractivity contribution in [1.29, 1.82) is 0 Å². The smallest absolute Gasteiger partial charge is 0.271 e. The molecule has 7 heteroatoms. The van der Waals surface area contributed by atoms with E-state index >= 15 is 0 Å². The van der Waals surface area contributed by atoms with Gasteiger partial charge in [-0.05, 0) is 72.4 Å². The molecule has 0 fully saturated rings. The summed E-state index contributed by atoms with van der Waals surface area (Å²) in [5.41, 5.74) is 6.48. The molecule has 0 unspecified atom stereocenters. The van der Waals surface area contributed by atoms with E-state index in [1.165, 1.54) is 22.5 Å². The van der Waals surface area contributed by atoms with Crippen molar-refractivity contribution in [3.8, 4) is 17.2 Å². The van der Waals surface area contributed by atoms with Gasteiger partial charge < -0.3 is 14.2 Å². The summed E-state index contributed by atoms with van der Waals surface area (Å²) in [5.74, 6) is 2.10. The lowest BCUT2D eigenvalue weighted by Crippen LogP contribution is -2.38. The van der Waals surface area contributed by atoms with Crippen molar-refractivity contribution in [3.05, 3.63) is 114 Å². The van der Waals surface area contributed by atoms with Crippen molar-refractivity contribution in [2.24, 2.45) is 4.99 Å². The van der Waals surface area contributed by atoms with Crippen LogP contribution in [-0.4, -0.2) is 25.4 Å². The zero-order valence-corrected chi connectivity index (χ0v) is 22.4. The van der Waals surface area contributed by atoms with E-state index in [0.29, 0.717) is 27.4 Å². The number of methoxy groups -OCH3 is 2. The van der Waals surface area contributed by atoms with Gasteiger partial charge in [-0.25, -0.2) is 4.99 Å². The van der Waals surface area contributed by atoms with Crippen LogP contribution in [0.3, 0.4) is 0 Å². The predicted octanol–water partition coefficient (Wildman–Crippen LogP) is 4.73. The Bertz CT molecular complexity index is 1730. The summed E-state index contributed by atoms with van der Waals surface area (Å²) in [7, 11) is 3.28. The van der Waals surface area contributed by atoms with Crippen LogP contribution in [0.2, 0.25) is 0 Å². The Morgan fingerprint density at radius 3 is 2.58 bits per heavy atom. The highest BCUT2D eigenvalue weighted by molar-refractivity contribution is 7.07. The fraction of sp³-hybridized carbons (Fsp3) is 0.226. The number of thiazole rings is 1. The summed E-state index contributed by atoms with van der Waals surface area (Å²) in [6.45, 7) is 2.46. The molecule has 192 valence electrons. The Morgan fingerprint density at radius 2 is 1.82 bits per heavy atom. The lowest BCUT2D eigenvalue weighted by atomic mass is 9.83. The fourth-order valence-electron chi connectivity index (χ4n) is 5.31. The lowest BCUT2D eigenvalue weighted by molar-refractivity contribution is 0.311. The number of aromatic nitrogens is 1. The third kappa shape index (κ3) is 4.13. The first kappa shape index (κ1) is 24.2. The maximum atomic E-state index is 14.0. The van der Waals surface area contributed by atoms with E-state index in [4.69, 9.17) is 19.2 Å². The molecular formula is C31H28N2O4S. The first-order valence-corrected chi connectivity index (χ1v) is 13.5. The maximum absolute atomic E-state index is 14.0. The van der Waals surface area contributed by atoms with Gasteiger partial charge in [0.05, 0.1) is 37.1 Å². The van der Waals surface area contributed by atoms with Crippen LogP contribution in [0.5, 0.6) is 17.2 Å². The second-order valence-corrected chi connectivity index (χ2v) is 10.2. The quantitative estimate of drug-likeness (QED) is 0.366. The molecule has 1 aromatic heterocycles. The maximum Gasteiger partial charge on any atom is 0.271 e. The molecule has 6 nitrogen and oxygen atoms in total. The summed E-state index contributed by atoms with van der Waals surface area (Å²) < 4.78 is 19.1. The number of hydrogen-bond acceptors (Lipinski definition) is 6. The predicted molar refractivity (Wildman–Crippen MR) is 150 cm³/mol. The fourth-order valence-corrected chi connectivity index (χ4v) is 6.31. The Kier molecular flexibility index (Phi) is 6.37. The first-order valence-electron chi connectivity index (χ1n) is 12.7. The van der Waals surface area contributed by atoms with Crippen LogP contribution in [0.1, 0.15) is 41.6 Å².